The molecule has 0 spiro atoms. The van der Waals surface area contributed by atoms with E-state index in [1.54, 1.807) is 0 Å². The Balaban J connectivity index is 1.49. The molecule has 8 bridgehead atoms. The van der Waals surface area contributed by atoms with Gasteiger partial charge in [-0.25, -0.2) is 0 Å². The van der Waals surface area contributed by atoms with Crippen LogP contribution in [-0.2, 0) is 19.1 Å². The zero-order valence-corrected chi connectivity index (χ0v) is 31.8. The molecule has 52 heavy (non-hydrogen) atoms. The summed E-state index contributed by atoms with van der Waals surface area (Å²) in [6.45, 7) is 18.9. The summed E-state index contributed by atoms with van der Waals surface area (Å²) in [6.07, 6.45) is 15.2. The maximum Gasteiger partial charge on any atom is 0.321 e. The average Bonchev–Trinajstić information content (AvgIpc) is 3.85. The third kappa shape index (κ3) is 6.57. The number of ketones is 1. The highest BCUT2D eigenvalue weighted by Gasteiger charge is 2.48. The zero-order valence-electron chi connectivity index (χ0n) is 31.8. The molecule has 0 aromatic carbocycles. The molecule has 274 valence electrons. The van der Waals surface area contributed by atoms with Crippen molar-refractivity contribution >= 4 is 47.6 Å². The van der Waals surface area contributed by atoms with Crippen LogP contribution in [0, 0.1) is 45.4 Å². The molecular formula is C43H52N4O5. The molecule has 1 fully saturated rings. The second-order valence-electron chi connectivity index (χ2n) is 14.6. The summed E-state index contributed by atoms with van der Waals surface area (Å²) in [5, 5.41) is 5.57. The van der Waals surface area contributed by atoms with Crippen LogP contribution in [0.15, 0.2) is 29.6 Å². The Hall–Kier alpha value is -5.05. The average molecular weight is 705 g/mol. The van der Waals surface area contributed by atoms with Crippen LogP contribution in [0.2, 0.25) is 0 Å². The first-order chi connectivity index (χ1) is 24.9. The molecule has 1 aliphatic carbocycles. The van der Waals surface area contributed by atoms with Gasteiger partial charge in [0.2, 0.25) is 0 Å². The van der Waals surface area contributed by atoms with E-state index in [2.05, 4.69) is 80.5 Å². The van der Waals surface area contributed by atoms with Crippen LogP contribution in [0.1, 0.15) is 120 Å². The number of nitrogens with one attached hydrogen (secondary N) is 4. The Morgan fingerprint density at radius 1 is 0.904 bits per heavy atom. The summed E-state index contributed by atoms with van der Waals surface area (Å²) < 4.78 is 10.9. The van der Waals surface area contributed by atoms with E-state index in [4.69, 9.17) is 9.47 Å². The topological polar surface area (TPSA) is 129 Å². The van der Waals surface area contributed by atoms with E-state index < -0.39 is 11.9 Å². The molecule has 3 aliphatic rings. The van der Waals surface area contributed by atoms with E-state index in [1.165, 1.54) is 25.5 Å². The van der Waals surface area contributed by atoms with Crippen molar-refractivity contribution < 1.29 is 23.9 Å². The van der Waals surface area contributed by atoms with Gasteiger partial charge in [0.25, 0.3) is 0 Å². The van der Waals surface area contributed by atoms with Gasteiger partial charge in [0.1, 0.15) is 12.5 Å². The molecule has 3 aromatic rings. The number of methoxy groups -OCH3 is 1. The summed E-state index contributed by atoms with van der Waals surface area (Å²) in [7, 11) is 1.31. The lowest BCUT2D eigenvalue weighted by Crippen LogP contribution is -2.25. The quantitative estimate of drug-likeness (QED) is 0.0740. The monoisotopic (exact) mass is 704 g/mol. The van der Waals surface area contributed by atoms with E-state index >= 15 is 0 Å². The van der Waals surface area contributed by atoms with Crippen LogP contribution in [0.25, 0.3) is 29.9 Å². The minimum Gasteiger partial charge on any atom is -0.468 e. The van der Waals surface area contributed by atoms with E-state index in [1.807, 2.05) is 25.2 Å². The predicted octanol–water partition coefficient (Wildman–Crippen LogP) is 6.96. The molecule has 0 radical (unpaired) electrons. The van der Waals surface area contributed by atoms with E-state index in [0.29, 0.717) is 23.3 Å². The lowest BCUT2D eigenvalue weighted by atomic mass is 9.85. The molecule has 9 nitrogen and oxygen atoms in total. The largest absolute Gasteiger partial charge is 0.468 e. The molecular weight excluding hydrogens is 652 g/mol. The number of rotatable bonds is 11. The van der Waals surface area contributed by atoms with Crippen LogP contribution >= 0.6 is 0 Å². The fourth-order valence-corrected chi connectivity index (χ4v) is 8.00. The molecule has 9 heteroatoms. The van der Waals surface area contributed by atoms with Crippen molar-refractivity contribution in [1.29, 1.82) is 0 Å². The maximum atomic E-state index is 14.2. The van der Waals surface area contributed by atoms with Crippen molar-refractivity contribution in [3.05, 3.63) is 96.5 Å². The van der Waals surface area contributed by atoms with Crippen LogP contribution in [0.3, 0.4) is 0 Å². The van der Waals surface area contributed by atoms with E-state index in [9.17, 15) is 14.4 Å². The van der Waals surface area contributed by atoms with Gasteiger partial charge in [-0.3, -0.25) is 14.4 Å². The maximum absolute atomic E-state index is 14.2. The summed E-state index contributed by atoms with van der Waals surface area (Å²) in [4.78, 5) is 51.6. The van der Waals surface area contributed by atoms with Crippen molar-refractivity contribution in [2.75, 3.05) is 13.7 Å². The number of H-pyrrole nitrogens is 3. The molecule has 0 saturated carbocycles. The molecule has 3 aromatic heterocycles. The third-order valence-electron chi connectivity index (χ3n) is 11.4. The number of allylic oxidation sites excluding steroid dienone is 3. The first kappa shape index (κ1) is 36.7. The van der Waals surface area contributed by atoms with Gasteiger partial charge >= 0.3 is 11.9 Å². The number of aromatic nitrogens is 3. The summed E-state index contributed by atoms with van der Waals surface area (Å²) in [6, 6.07) is 0. The summed E-state index contributed by atoms with van der Waals surface area (Å²) in [5.41, 5.74) is 12.3. The number of hydrogen-bond donors (Lipinski definition) is 4. The van der Waals surface area contributed by atoms with Crippen LogP contribution < -0.4 is 16.0 Å². The smallest absolute Gasteiger partial charge is 0.321 e. The first-order valence-corrected chi connectivity index (χ1v) is 18.5. The molecule has 1 saturated heterocycles. The standard InChI is InChI=1S/C43H52N4O5/c1-10-12-13-14-22(3)17-18-52-36(48)16-15-29-26(7)33-20-32-25(6)28(11-2)35(45-32)21-31-24(5)23(4)30(44-31)19-34-27(8)37-41(47-34)38(40(29)46-33)39(42(37)49)43(50)51-9/h11,17,19-21,26,29,39,44-47H,2,10,12-16,18H2,1,3-9H3/b22-17+,30-19-,31-21-,33-20-,40-38-/t26-,29-,39+/m0/s1. The Labute approximate surface area is 306 Å². The fraction of sp³-hybridized carbons (Fsp3) is 0.419. The van der Waals surface area contributed by atoms with Crippen molar-refractivity contribution in [2.24, 2.45) is 17.8 Å². The highest BCUT2D eigenvalue weighted by atomic mass is 16.5. The number of ether oxygens (including phenoxy) is 2. The van der Waals surface area contributed by atoms with E-state index in [0.717, 1.165) is 79.8 Å². The third-order valence-corrected chi connectivity index (χ3v) is 11.4. The Bertz CT molecular complexity index is 2180. The number of fused-ring (bicyclic) bond motifs is 7. The van der Waals surface area contributed by atoms with Crippen LogP contribution in [-0.4, -0.2) is 46.4 Å². The second-order valence-corrected chi connectivity index (χ2v) is 14.6. The summed E-state index contributed by atoms with van der Waals surface area (Å²) >= 11 is 0. The van der Waals surface area contributed by atoms with Crippen molar-refractivity contribution in [3.8, 4) is 0 Å². The number of esters is 2. The predicted molar refractivity (Wildman–Crippen MR) is 206 cm³/mol. The fourth-order valence-electron chi connectivity index (χ4n) is 8.00. The normalized spacial score (nSPS) is 22.9. The second kappa shape index (κ2) is 14.9. The van der Waals surface area contributed by atoms with Gasteiger partial charge in [-0.15, -0.1) is 0 Å². The number of Topliss-reactive ketones (excluding diaryl/α,β-unsaturated/α-hetero) is 1. The molecule has 0 amide bonds. The molecule has 3 atom stereocenters. The first-order valence-electron chi connectivity index (χ1n) is 18.5. The lowest BCUT2D eigenvalue weighted by molar-refractivity contribution is -0.143. The number of unbranched alkanes of at least 4 members (excludes halogenated alkanes) is 2. The minimum atomic E-state index is -1.14. The van der Waals surface area contributed by atoms with Crippen molar-refractivity contribution in [3.63, 3.8) is 0 Å². The van der Waals surface area contributed by atoms with Crippen LogP contribution in [0.5, 0.6) is 0 Å². The molecule has 2 aliphatic heterocycles. The Morgan fingerprint density at radius 3 is 2.27 bits per heavy atom. The van der Waals surface area contributed by atoms with Gasteiger partial charge in [0, 0.05) is 74.1 Å². The SMILES string of the molecule is C=Cc1c2[nH]c(c1C)/C=C1\N/C(=C3\c4[nH]c(c(C)c4C(=O)[C@@H]3C(=O)OC)/C=c3\[nH]/c(c(C)c3C)=C\2)[C@@H](CCC(=O)OC/C=C(\C)CCCCC)[C@@H]1C. The minimum absolute atomic E-state index is 0.0796. The Morgan fingerprint density at radius 2 is 1.60 bits per heavy atom. The Kier molecular flexibility index (Phi) is 10.5. The molecule has 5 heterocycles. The van der Waals surface area contributed by atoms with Crippen molar-refractivity contribution in [2.45, 2.75) is 87.0 Å². The number of hydrogen-bond acceptors (Lipinski definition) is 6. The highest BCUT2D eigenvalue weighted by molar-refractivity contribution is 6.24. The van der Waals surface area contributed by atoms with Gasteiger partial charge < -0.3 is 29.7 Å². The lowest BCUT2D eigenvalue weighted by Gasteiger charge is -2.19. The zero-order chi connectivity index (χ0) is 37.4. The molecule has 0 unspecified atom stereocenters. The van der Waals surface area contributed by atoms with Gasteiger partial charge in [-0.05, 0) is 100 Å². The van der Waals surface area contributed by atoms with Gasteiger partial charge in [0.05, 0.1) is 12.8 Å². The van der Waals surface area contributed by atoms with E-state index in [-0.39, 0.29) is 36.6 Å². The number of carbonyl (C=O) groups excluding carboxylic acids is 3. The number of carbonyl (C=O) groups is 3. The van der Waals surface area contributed by atoms with Crippen LogP contribution in [0.4, 0.5) is 0 Å². The van der Waals surface area contributed by atoms with Gasteiger partial charge in [0.15, 0.2) is 5.78 Å². The van der Waals surface area contributed by atoms with Crippen molar-refractivity contribution in [1.82, 2.24) is 20.3 Å². The molecule has 6 rings (SSSR count). The van der Waals surface area contributed by atoms with Gasteiger partial charge in [-0.1, -0.05) is 44.9 Å². The summed E-state index contributed by atoms with van der Waals surface area (Å²) in [5.74, 6) is -2.61. The highest BCUT2D eigenvalue weighted by Crippen LogP contribution is 2.48. The van der Waals surface area contributed by atoms with Gasteiger partial charge in [-0.2, -0.15) is 0 Å². The molecule has 4 N–H and O–H groups in total. The number of aromatic amines is 3.